The second kappa shape index (κ2) is 5.48. The number of anilines is 1. The van der Waals surface area contributed by atoms with Crippen molar-refractivity contribution in [3.8, 4) is 0 Å². The van der Waals surface area contributed by atoms with Gasteiger partial charge in [-0.1, -0.05) is 19.9 Å². The summed E-state index contributed by atoms with van der Waals surface area (Å²) in [6, 6.07) is 5.08. The van der Waals surface area contributed by atoms with E-state index in [0.29, 0.717) is 11.3 Å². The van der Waals surface area contributed by atoms with E-state index in [1.165, 1.54) is 7.11 Å². The number of benzene rings is 1. The molecular formula is C13H17NO3. The lowest BCUT2D eigenvalue weighted by Crippen LogP contribution is -2.18. The van der Waals surface area contributed by atoms with Crippen LogP contribution in [0.3, 0.4) is 0 Å². The number of carbonyl (C=O) groups is 2. The summed E-state index contributed by atoms with van der Waals surface area (Å²) in [6.07, 6.45) is 0. The monoisotopic (exact) mass is 235 g/mol. The molecule has 92 valence electrons. The van der Waals surface area contributed by atoms with Gasteiger partial charge in [0.25, 0.3) is 0 Å². The van der Waals surface area contributed by atoms with Crippen molar-refractivity contribution < 1.29 is 14.3 Å². The summed E-state index contributed by atoms with van der Waals surface area (Å²) >= 11 is 0. The molecule has 17 heavy (non-hydrogen) atoms. The molecule has 0 saturated carbocycles. The molecule has 0 spiro atoms. The molecule has 0 aliphatic carbocycles. The summed E-state index contributed by atoms with van der Waals surface area (Å²) in [7, 11) is 1.33. The lowest BCUT2D eigenvalue weighted by atomic mass is 10.1. The van der Waals surface area contributed by atoms with Crippen molar-refractivity contribution in [1.29, 1.82) is 0 Å². The fraction of sp³-hybridized carbons (Fsp3) is 0.385. The molecule has 1 aromatic carbocycles. The molecule has 4 nitrogen and oxygen atoms in total. The normalized spacial score (nSPS) is 10.2. The summed E-state index contributed by atoms with van der Waals surface area (Å²) < 4.78 is 4.63. The largest absolute Gasteiger partial charge is 0.465 e. The molecule has 1 N–H and O–H groups in total. The Hall–Kier alpha value is -1.84. The third kappa shape index (κ3) is 3.31. The zero-order valence-corrected chi connectivity index (χ0v) is 10.5. The Balaban J connectivity index is 2.99. The van der Waals surface area contributed by atoms with E-state index in [0.717, 1.165) is 5.56 Å². The van der Waals surface area contributed by atoms with Crippen LogP contribution < -0.4 is 5.32 Å². The Kier molecular flexibility index (Phi) is 4.26. The molecule has 1 amide bonds. The number of carbonyl (C=O) groups excluding carboxylic acids is 2. The van der Waals surface area contributed by atoms with E-state index in [-0.39, 0.29) is 11.8 Å². The number of amides is 1. The van der Waals surface area contributed by atoms with Crippen LogP contribution in [0.5, 0.6) is 0 Å². The summed E-state index contributed by atoms with van der Waals surface area (Å²) in [5.41, 5.74) is 1.98. The van der Waals surface area contributed by atoms with Crippen LogP contribution in [-0.2, 0) is 9.53 Å². The topological polar surface area (TPSA) is 55.4 Å². The van der Waals surface area contributed by atoms with Gasteiger partial charge < -0.3 is 10.1 Å². The number of aryl methyl sites for hydroxylation is 1. The standard InChI is InChI=1S/C13H17NO3/c1-8(2)12(15)14-11-7-10(13(16)17-4)6-5-9(11)3/h5-8H,1-4H3,(H,14,15). The Bertz CT molecular complexity index is 438. The van der Waals surface area contributed by atoms with E-state index in [1.54, 1.807) is 18.2 Å². The van der Waals surface area contributed by atoms with Crippen molar-refractivity contribution in [2.24, 2.45) is 5.92 Å². The van der Waals surface area contributed by atoms with Gasteiger partial charge in [-0.15, -0.1) is 0 Å². The van der Waals surface area contributed by atoms with Crippen LogP contribution in [-0.4, -0.2) is 19.0 Å². The average molecular weight is 235 g/mol. The first-order chi connectivity index (χ1) is 7.95. The van der Waals surface area contributed by atoms with Gasteiger partial charge in [-0.2, -0.15) is 0 Å². The van der Waals surface area contributed by atoms with Gasteiger partial charge in [-0.3, -0.25) is 4.79 Å². The summed E-state index contributed by atoms with van der Waals surface area (Å²) in [4.78, 5) is 22.9. The predicted octanol–water partition coefficient (Wildman–Crippen LogP) is 2.38. The number of ether oxygens (including phenoxy) is 1. The third-order valence-electron chi connectivity index (χ3n) is 2.44. The molecular weight excluding hydrogens is 218 g/mol. The summed E-state index contributed by atoms with van der Waals surface area (Å²) in [5, 5.41) is 2.78. The number of methoxy groups -OCH3 is 1. The van der Waals surface area contributed by atoms with Crippen LogP contribution in [0.4, 0.5) is 5.69 Å². The molecule has 0 fully saturated rings. The zero-order valence-electron chi connectivity index (χ0n) is 10.5. The fourth-order valence-corrected chi connectivity index (χ4v) is 1.28. The zero-order chi connectivity index (χ0) is 13.0. The molecule has 4 heteroatoms. The van der Waals surface area contributed by atoms with Crippen LogP contribution in [0.15, 0.2) is 18.2 Å². The average Bonchev–Trinajstić information content (AvgIpc) is 2.30. The highest BCUT2D eigenvalue weighted by Crippen LogP contribution is 2.18. The van der Waals surface area contributed by atoms with Crippen LogP contribution >= 0.6 is 0 Å². The number of hydrogen-bond acceptors (Lipinski definition) is 3. The summed E-state index contributed by atoms with van der Waals surface area (Å²) in [6.45, 7) is 5.50. The second-order valence-electron chi connectivity index (χ2n) is 4.17. The predicted molar refractivity (Wildman–Crippen MR) is 66.0 cm³/mol. The van der Waals surface area contributed by atoms with Gasteiger partial charge in [-0.25, -0.2) is 4.79 Å². The fourth-order valence-electron chi connectivity index (χ4n) is 1.28. The molecule has 0 aromatic heterocycles. The molecule has 0 saturated heterocycles. The minimum atomic E-state index is -0.412. The van der Waals surface area contributed by atoms with Crippen molar-refractivity contribution in [3.63, 3.8) is 0 Å². The highest BCUT2D eigenvalue weighted by molar-refractivity contribution is 5.96. The van der Waals surface area contributed by atoms with Crippen molar-refractivity contribution in [2.45, 2.75) is 20.8 Å². The van der Waals surface area contributed by atoms with Crippen molar-refractivity contribution in [1.82, 2.24) is 0 Å². The van der Waals surface area contributed by atoms with E-state index in [9.17, 15) is 9.59 Å². The molecule has 0 radical (unpaired) electrons. The smallest absolute Gasteiger partial charge is 0.337 e. The van der Waals surface area contributed by atoms with Crippen LogP contribution in [0.1, 0.15) is 29.8 Å². The van der Waals surface area contributed by atoms with Crippen molar-refractivity contribution in [2.75, 3.05) is 12.4 Å². The molecule has 0 atom stereocenters. The van der Waals surface area contributed by atoms with E-state index in [2.05, 4.69) is 10.1 Å². The molecule has 0 aliphatic rings. The first-order valence-corrected chi connectivity index (χ1v) is 5.45. The molecule has 0 unspecified atom stereocenters. The SMILES string of the molecule is COC(=O)c1ccc(C)c(NC(=O)C(C)C)c1. The van der Waals surface area contributed by atoms with Crippen LogP contribution in [0.25, 0.3) is 0 Å². The minimum absolute atomic E-state index is 0.0740. The molecule has 0 heterocycles. The number of rotatable bonds is 3. The lowest BCUT2D eigenvalue weighted by molar-refractivity contribution is -0.118. The number of esters is 1. The highest BCUT2D eigenvalue weighted by Gasteiger charge is 2.11. The highest BCUT2D eigenvalue weighted by atomic mass is 16.5. The third-order valence-corrected chi connectivity index (χ3v) is 2.44. The summed E-state index contributed by atoms with van der Waals surface area (Å²) in [5.74, 6) is -0.587. The molecule has 0 bridgehead atoms. The Morgan fingerprint density at radius 2 is 1.94 bits per heavy atom. The van der Waals surface area contributed by atoms with E-state index in [1.807, 2.05) is 20.8 Å². The van der Waals surface area contributed by atoms with Gasteiger partial charge in [0.1, 0.15) is 0 Å². The van der Waals surface area contributed by atoms with E-state index >= 15 is 0 Å². The first kappa shape index (κ1) is 13.2. The minimum Gasteiger partial charge on any atom is -0.465 e. The Labute approximate surface area is 101 Å². The van der Waals surface area contributed by atoms with Gasteiger partial charge in [0, 0.05) is 11.6 Å². The van der Waals surface area contributed by atoms with Gasteiger partial charge in [-0.05, 0) is 24.6 Å². The van der Waals surface area contributed by atoms with Gasteiger partial charge >= 0.3 is 5.97 Å². The quantitative estimate of drug-likeness (QED) is 0.818. The number of hydrogen-bond donors (Lipinski definition) is 1. The maximum atomic E-state index is 11.6. The second-order valence-corrected chi connectivity index (χ2v) is 4.17. The molecule has 0 aliphatic heterocycles. The molecule has 1 aromatic rings. The van der Waals surface area contributed by atoms with Crippen LogP contribution in [0.2, 0.25) is 0 Å². The van der Waals surface area contributed by atoms with E-state index < -0.39 is 5.97 Å². The van der Waals surface area contributed by atoms with Crippen molar-refractivity contribution in [3.05, 3.63) is 29.3 Å². The maximum absolute atomic E-state index is 11.6. The number of nitrogens with one attached hydrogen (secondary N) is 1. The maximum Gasteiger partial charge on any atom is 0.337 e. The van der Waals surface area contributed by atoms with Gasteiger partial charge in [0.05, 0.1) is 12.7 Å². The Morgan fingerprint density at radius 1 is 1.29 bits per heavy atom. The lowest BCUT2D eigenvalue weighted by Gasteiger charge is -2.11. The first-order valence-electron chi connectivity index (χ1n) is 5.45. The van der Waals surface area contributed by atoms with Crippen LogP contribution in [0, 0.1) is 12.8 Å². The Morgan fingerprint density at radius 3 is 2.47 bits per heavy atom. The molecule has 1 rings (SSSR count). The van der Waals surface area contributed by atoms with E-state index in [4.69, 9.17) is 0 Å². The van der Waals surface area contributed by atoms with Crippen molar-refractivity contribution >= 4 is 17.6 Å². The van der Waals surface area contributed by atoms with Gasteiger partial charge in [0.2, 0.25) is 5.91 Å². The van der Waals surface area contributed by atoms with Gasteiger partial charge in [0.15, 0.2) is 0 Å².